The van der Waals surface area contributed by atoms with Gasteiger partial charge in [0.05, 0.1) is 29.6 Å². The van der Waals surface area contributed by atoms with E-state index in [1.54, 1.807) is 34.4 Å². The third-order valence-electron chi connectivity index (χ3n) is 5.23. The Bertz CT molecular complexity index is 1310. The Morgan fingerprint density at radius 3 is 2.71 bits per heavy atom. The first kappa shape index (κ1) is 20.9. The van der Waals surface area contributed by atoms with Gasteiger partial charge in [0.25, 0.3) is 5.56 Å². The molecule has 158 valence electrons. The smallest absolute Gasteiger partial charge is 0.258 e. The predicted molar refractivity (Wildman–Crippen MR) is 124 cm³/mol. The molecule has 2 aromatic heterocycles. The van der Waals surface area contributed by atoms with E-state index in [9.17, 15) is 9.59 Å². The van der Waals surface area contributed by atoms with Crippen molar-refractivity contribution in [2.75, 3.05) is 6.54 Å². The van der Waals surface area contributed by atoms with Crippen molar-refractivity contribution in [3.63, 3.8) is 0 Å². The lowest BCUT2D eigenvalue weighted by molar-refractivity contribution is -0.131. The molecule has 7 heteroatoms. The Kier molecular flexibility index (Phi) is 5.95. The standard InChI is InChI=1S/C24H24N4O2S/c1-4-28(13-21-26-20-8-6-5-7-19(20)23(30)27-21)22(29)12-17-14-31-24(25-17)18-10-9-15(2)11-16(18)3/h5-11,14H,4,12-13H2,1-3H3,(H,26,27,30). The Morgan fingerprint density at radius 1 is 1.13 bits per heavy atom. The van der Waals surface area contributed by atoms with Gasteiger partial charge in [-0.3, -0.25) is 9.59 Å². The lowest BCUT2D eigenvalue weighted by atomic mass is 10.1. The average molecular weight is 433 g/mol. The number of para-hydroxylation sites is 1. The quantitative estimate of drug-likeness (QED) is 0.494. The van der Waals surface area contributed by atoms with Crippen LogP contribution in [-0.4, -0.2) is 32.3 Å². The first-order valence-electron chi connectivity index (χ1n) is 10.2. The number of aromatic amines is 1. The minimum atomic E-state index is -0.193. The number of thiazole rings is 1. The molecule has 4 rings (SSSR count). The Hall–Kier alpha value is -3.32. The Balaban J connectivity index is 1.50. The van der Waals surface area contributed by atoms with Crippen molar-refractivity contribution in [3.8, 4) is 10.6 Å². The van der Waals surface area contributed by atoms with Crippen LogP contribution < -0.4 is 5.56 Å². The van der Waals surface area contributed by atoms with Crippen molar-refractivity contribution in [1.29, 1.82) is 0 Å². The average Bonchev–Trinajstić information content (AvgIpc) is 3.20. The molecule has 0 aliphatic carbocycles. The van der Waals surface area contributed by atoms with Gasteiger partial charge >= 0.3 is 0 Å². The molecule has 0 aliphatic heterocycles. The fraction of sp³-hybridized carbons (Fsp3) is 0.250. The van der Waals surface area contributed by atoms with E-state index in [-0.39, 0.29) is 24.4 Å². The van der Waals surface area contributed by atoms with Crippen LogP contribution >= 0.6 is 11.3 Å². The third-order valence-corrected chi connectivity index (χ3v) is 6.16. The second-order valence-electron chi connectivity index (χ2n) is 7.58. The maximum Gasteiger partial charge on any atom is 0.258 e. The minimum Gasteiger partial charge on any atom is -0.335 e. The summed E-state index contributed by atoms with van der Waals surface area (Å²) in [5.74, 6) is 0.434. The Labute approximate surface area is 184 Å². The number of aryl methyl sites for hydroxylation is 2. The van der Waals surface area contributed by atoms with E-state index in [1.165, 1.54) is 11.1 Å². The second-order valence-corrected chi connectivity index (χ2v) is 8.43. The normalized spacial score (nSPS) is 11.1. The number of carbonyl (C=O) groups excluding carboxylic acids is 1. The van der Waals surface area contributed by atoms with Crippen LogP contribution in [0.2, 0.25) is 0 Å². The number of hydrogen-bond acceptors (Lipinski definition) is 5. The fourth-order valence-electron chi connectivity index (χ4n) is 3.60. The highest BCUT2D eigenvalue weighted by atomic mass is 32.1. The molecule has 0 saturated carbocycles. The molecule has 0 saturated heterocycles. The first-order chi connectivity index (χ1) is 14.9. The van der Waals surface area contributed by atoms with Crippen molar-refractivity contribution < 1.29 is 4.79 Å². The molecule has 1 N–H and O–H groups in total. The van der Waals surface area contributed by atoms with Gasteiger partial charge in [0, 0.05) is 17.5 Å². The van der Waals surface area contributed by atoms with Crippen LogP contribution in [-0.2, 0) is 17.8 Å². The number of aromatic nitrogens is 3. The van der Waals surface area contributed by atoms with Crippen LogP contribution in [0.3, 0.4) is 0 Å². The number of H-pyrrole nitrogens is 1. The van der Waals surface area contributed by atoms with Gasteiger partial charge < -0.3 is 9.88 Å². The zero-order chi connectivity index (χ0) is 22.0. The van der Waals surface area contributed by atoms with Crippen LogP contribution in [0, 0.1) is 13.8 Å². The summed E-state index contributed by atoms with van der Waals surface area (Å²) in [5, 5.41) is 3.40. The van der Waals surface area contributed by atoms with Crippen LogP contribution in [0.25, 0.3) is 21.5 Å². The summed E-state index contributed by atoms with van der Waals surface area (Å²) in [6.07, 6.45) is 0.215. The van der Waals surface area contributed by atoms with Crippen LogP contribution in [0.5, 0.6) is 0 Å². The van der Waals surface area contributed by atoms with Gasteiger partial charge in [-0.25, -0.2) is 9.97 Å². The number of nitrogens with one attached hydrogen (secondary N) is 1. The molecule has 4 aromatic rings. The molecule has 0 radical (unpaired) electrons. The zero-order valence-electron chi connectivity index (χ0n) is 17.8. The summed E-state index contributed by atoms with van der Waals surface area (Å²) in [6, 6.07) is 13.5. The van der Waals surface area contributed by atoms with Crippen LogP contribution in [0.4, 0.5) is 0 Å². The Morgan fingerprint density at radius 2 is 1.94 bits per heavy atom. The lowest BCUT2D eigenvalue weighted by Gasteiger charge is -2.20. The summed E-state index contributed by atoms with van der Waals surface area (Å²) < 4.78 is 0. The molecule has 2 heterocycles. The van der Waals surface area contributed by atoms with Crippen LogP contribution in [0.1, 0.15) is 29.6 Å². The van der Waals surface area contributed by atoms with E-state index < -0.39 is 0 Å². The summed E-state index contributed by atoms with van der Waals surface area (Å²) in [5.41, 5.74) is 4.67. The monoisotopic (exact) mass is 432 g/mol. The van der Waals surface area contributed by atoms with E-state index in [1.807, 2.05) is 18.4 Å². The summed E-state index contributed by atoms with van der Waals surface area (Å²) >= 11 is 1.55. The SMILES string of the molecule is CCN(Cc1nc2ccccc2c(=O)[nH]1)C(=O)Cc1csc(-c2ccc(C)cc2C)n1. The number of likely N-dealkylation sites (N-methyl/N-ethyl adjacent to an activating group) is 1. The van der Waals surface area contributed by atoms with Crippen molar-refractivity contribution in [2.24, 2.45) is 0 Å². The largest absolute Gasteiger partial charge is 0.335 e. The number of amides is 1. The number of fused-ring (bicyclic) bond motifs is 1. The van der Waals surface area contributed by atoms with Gasteiger partial charge in [0.2, 0.25) is 5.91 Å². The first-order valence-corrected chi connectivity index (χ1v) is 11.1. The molecule has 2 aromatic carbocycles. The molecule has 0 atom stereocenters. The molecular weight excluding hydrogens is 408 g/mol. The maximum atomic E-state index is 12.9. The molecular formula is C24H24N4O2S. The number of hydrogen-bond donors (Lipinski definition) is 1. The highest BCUT2D eigenvalue weighted by Gasteiger charge is 2.17. The number of benzene rings is 2. The zero-order valence-corrected chi connectivity index (χ0v) is 18.6. The summed E-state index contributed by atoms with van der Waals surface area (Å²) in [7, 11) is 0. The van der Waals surface area contributed by atoms with Crippen molar-refractivity contribution in [2.45, 2.75) is 33.7 Å². The van der Waals surface area contributed by atoms with Gasteiger partial charge in [-0.1, -0.05) is 35.9 Å². The maximum absolute atomic E-state index is 12.9. The van der Waals surface area contributed by atoms with Crippen molar-refractivity contribution in [1.82, 2.24) is 19.9 Å². The van der Waals surface area contributed by atoms with E-state index in [4.69, 9.17) is 0 Å². The molecule has 0 unspecified atom stereocenters. The number of carbonyl (C=O) groups is 1. The fourth-order valence-corrected chi connectivity index (χ4v) is 4.51. The molecule has 0 aliphatic rings. The third kappa shape index (κ3) is 4.56. The molecule has 1 amide bonds. The van der Waals surface area contributed by atoms with Crippen molar-refractivity contribution in [3.05, 3.63) is 80.8 Å². The minimum absolute atomic E-state index is 0.0456. The lowest BCUT2D eigenvalue weighted by Crippen LogP contribution is -2.33. The molecule has 0 fully saturated rings. The highest BCUT2D eigenvalue weighted by Crippen LogP contribution is 2.27. The van der Waals surface area contributed by atoms with E-state index >= 15 is 0 Å². The molecule has 0 bridgehead atoms. The second kappa shape index (κ2) is 8.81. The van der Waals surface area contributed by atoms with E-state index in [2.05, 4.69) is 47.0 Å². The van der Waals surface area contributed by atoms with Gasteiger partial charge in [-0.2, -0.15) is 0 Å². The van der Waals surface area contributed by atoms with Crippen molar-refractivity contribution >= 4 is 28.1 Å². The van der Waals surface area contributed by atoms with Gasteiger partial charge in [0.15, 0.2) is 0 Å². The van der Waals surface area contributed by atoms with E-state index in [0.29, 0.717) is 23.3 Å². The molecule has 6 nitrogen and oxygen atoms in total. The topological polar surface area (TPSA) is 79.0 Å². The number of nitrogens with zero attached hydrogens (tertiary/aromatic N) is 3. The van der Waals surface area contributed by atoms with Gasteiger partial charge in [-0.05, 0) is 38.5 Å². The number of rotatable bonds is 6. The molecule has 0 spiro atoms. The predicted octanol–water partition coefficient (Wildman–Crippen LogP) is 4.25. The highest BCUT2D eigenvalue weighted by molar-refractivity contribution is 7.13. The molecule has 31 heavy (non-hydrogen) atoms. The van der Waals surface area contributed by atoms with Gasteiger partial charge in [0.1, 0.15) is 10.8 Å². The van der Waals surface area contributed by atoms with E-state index in [0.717, 1.165) is 16.3 Å². The van der Waals surface area contributed by atoms with Crippen LogP contribution in [0.15, 0.2) is 52.6 Å². The summed E-state index contributed by atoms with van der Waals surface area (Å²) in [4.78, 5) is 38.9. The van der Waals surface area contributed by atoms with Gasteiger partial charge in [-0.15, -0.1) is 11.3 Å². The summed E-state index contributed by atoms with van der Waals surface area (Å²) in [6.45, 7) is 6.83.